The molecule has 0 saturated heterocycles. The van der Waals surface area contributed by atoms with Crippen molar-refractivity contribution >= 4 is 50.4 Å². The van der Waals surface area contributed by atoms with Gasteiger partial charge in [-0.3, -0.25) is 2.78 Å². The quantitative estimate of drug-likeness (QED) is 0.499. The lowest BCUT2D eigenvalue weighted by Gasteiger charge is -1.95. The molecular formula is C12H9IN2. The number of nitrogens with two attached hydrogens (primary N) is 1. The molecule has 0 atom stereocenters. The molecule has 0 aliphatic carbocycles. The van der Waals surface area contributed by atoms with Crippen LogP contribution in [0, 0.1) is 0 Å². The minimum absolute atomic E-state index is 0.809. The first kappa shape index (κ1) is 9.03. The van der Waals surface area contributed by atoms with Gasteiger partial charge >= 0.3 is 0 Å². The molecular weight excluding hydrogens is 299 g/mol. The Morgan fingerprint density at radius 1 is 0.933 bits per heavy atom. The van der Waals surface area contributed by atoms with Crippen molar-refractivity contribution in [3.8, 4) is 0 Å². The summed E-state index contributed by atoms with van der Waals surface area (Å²) < 4.78 is 2.15. The minimum Gasteiger partial charge on any atom is -0.399 e. The molecule has 0 fully saturated rings. The van der Waals surface area contributed by atoms with Crippen molar-refractivity contribution in [1.29, 1.82) is 0 Å². The molecule has 3 heteroatoms. The van der Waals surface area contributed by atoms with Gasteiger partial charge < -0.3 is 5.73 Å². The number of halogens is 1. The van der Waals surface area contributed by atoms with Crippen LogP contribution in [0.4, 0.5) is 5.69 Å². The lowest BCUT2D eigenvalue weighted by Crippen LogP contribution is -1.84. The summed E-state index contributed by atoms with van der Waals surface area (Å²) in [4.78, 5) is 0. The van der Waals surface area contributed by atoms with Crippen LogP contribution >= 0.6 is 22.9 Å². The summed E-state index contributed by atoms with van der Waals surface area (Å²) in [5.74, 6) is 0. The van der Waals surface area contributed by atoms with Gasteiger partial charge in [-0.1, -0.05) is 24.3 Å². The average Bonchev–Trinajstić information content (AvgIpc) is 2.54. The van der Waals surface area contributed by atoms with Crippen LogP contribution in [0.2, 0.25) is 0 Å². The van der Waals surface area contributed by atoms with E-state index in [9.17, 15) is 0 Å². The van der Waals surface area contributed by atoms with Crippen molar-refractivity contribution in [2.75, 3.05) is 5.73 Å². The molecule has 0 unspecified atom stereocenters. The third kappa shape index (κ3) is 1.23. The molecule has 0 amide bonds. The number of benzene rings is 2. The van der Waals surface area contributed by atoms with Crippen LogP contribution < -0.4 is 5.73 Å². The van der Waals surface area contributed by atoms with Gasteiger partial charge in [-0.05, 0) is 18.2 Å². The van der Waals surface area contributed by atoms with Gasteiger partial charge in [0, 0.05) is 16.5 Å². The van der Waals surface area contributed by atoms with Gasteiger partial charge in [-0.2, -0.15) is 0 Å². The summed E-state index contributed by atoms with van der Waals surface area (Å²) in [6.07, 6.45) is 0. The number of para-hydroxylation sites is 1. The Morgan fingerprint density at radius 3 is 2.53 bits per heavy atom. The number of fused-ring (bicyclic) bond motifs is 3. The van der Waals surface area contributed by atoms with E-state index in [2.05, 4.69) is 56.0 Å². The van der Waals surface area contributed by atoms with Crippen LogP contribution in [0.15, 0.2) is 42.5 Å². The number of anilines is 1. The van der Waals surface area contributed by atoms with Gasteiger partial charge in [0.25, 0.3) is 0 Å². The topological polar surface area (TPSA) is 30.9 Å². The lowest BCUT2D eigenvalue weighted by molar-refractivity contribution is 1.49. The van der Waals surface area contributed by atoms with E-state index in [0.717, 1.165) is 5.69 Å². The van der Waals surface area contributed by atoms with Gasteiger partial charge in [0.05, 0.1) is 33.9 Å². The molecule has 0 saturated carbocycles. The van der Waals surface area contributed by atoms with E-state index >= 15 is 0 Å². The number of hydrogen-bond donors (Lipinski definition) is 1. The van der Waals surface area contributed by atoms with E-state index in [1.807, 2.05) is 12.1 Å². The maximum absolute atomic E-state index is 5.80. The Balaban J connectivity index is 2.63. The van der Waals surface area contributed by atoms with E-state index in [-0.39, 0.29) is 0 Å². The zero-order chi connectivity index (χ0) is 10.4. The van der Waals surface area contributed by atoms with Crippen molar-refractivity contribution < 1.29 is 0 Å². The average molecular weight is 308 g/mol. The van der Waals surface area contributed by atoms with E-state index in [0.29, 0.717) is 0 Å². The highest BCUT2D eigenvalue weighted by atomic mass is 127. The minimum atomic E-state index is 0.809. The molecule has 15 heavy (non-hydrogen) atoms. The smallest absolute Gasteiger partial charge is 0.0646 e. The summed E-state index contributed by atoms with van der Waals surface area (Å²) in [7, 11) is 0. The molecule has 74 valence electrons. The summed E-state index contributed by atoms with van der Waals surface area (Å²) in [6.45, 7) is 0. The number of hydrogen-bond acceptors (Lipinski definition) is 1. The highest BCUT2D eigenvalue weighted by Gasteiger charge is 2.07. The van der Waals surface area contributed by atoms with Crippen LogP contribution in [0.1, 0.15) is 0 Å². The molecule has 0 aliphatic heterocycles. The summed E-state index contributed by atoms with van der Waals surface area (Å²) in [5, 5.41) is 2.54. The first-order valence-electron chi connectivity index (χ1n) is 4.72. The van der Waals surface area contributed by atoms with Gasteiger partial charge in [0.2, 0.25) is 0 Å². The Bertz CT molecular complexity index is 655. The van der Waals surface area contributed by atoms with Crippen LogP contribution in [-0.2, 0) is 0 Å². The molecule has 0 spiro atoms. The Morgan fingerprint density at radius 2 is 1.67 bits per heavy atom. The third-order valence-corrected chi connectivity index (χ3v) is 3.68. The molecule has 2 N–H and O–H groups in total. The van der Waals surface area contributed by atoms with E-state index in [1.165, 1.54) is 21.8 Å². The predicted octanol–water partition coefficient (Wildman–Crippen LogP) is 3.57. The van der Waals surface area contributed by atoms with E-state index in [4.69, 9.17) is 5.73 Å². The van der Waals surface area contributed by atoms with Crippen molar-refractivity contribution in [2.24, 2.45) is 0 Å². The molecule has 3 aromatic rings. The summed E-state index contributed by atoms with van der Waals surface area (Å²) in [6, 6.07) is 14.4. The van der Waals surface area contributed by atoms with Crippen LogP contribution in [-0.4, -0.2) is 2.78 Å². The fourth-order valence-electron chi connectivity index (χ4n) is 1.94. The van der Waals surface area contributed by atoms with Crippen molar-refractivity contribution in [2.45, 2.75) is 0 Å². The Hall–Kier alpha value is -1.23. The molecule has 2 aromatic carbocycles. The number of nitrogen functional groups attached to an aromatic ring is 1. The van der Waals surface area contributed by atoms with Crippen LogP contribution in [0.3, 0.4) is 0 Å². The molecule has 0 aliphatic rings. The van der Waals surface area contributed by atoms with Gasteiger partial charge in [0.1, 0.15) is 0 Å². The second kappa shape index (κ2) is 3.13. The fraction of sp³-hybridized carbons (Fsp3) is 0. The highest BCUT2D eigenvalue weighted by Crippen LogP contribution is 2.31. The maximum Gasteiger partial charge on any atom is 0.0646 e. The summed E-state index contributed by atoms with van der Waals surface area (Å²) >= 11 is 2.31. The molecule has 1 heterocycles. The largest absolute Gasteiger partial charge is 0.399 e. The Kier molecular flexibility index (Phi) is 1.88. The zero-order valence-electron chi connectivity index (χ0n) is 7.94. The van der Waals surface area contributed by atoms with E-state index in [1.54, 1.807) is 0 Å². The van der Waals surface area contributed by atoms with Crippen molar-refractivity contribution in [1.82, 2.24) is 2.78 Å². The van der Waals surface area contributed by atoms with Gasteiger partial charge in [0.15, 0.2) is 0 Å². The maximum atomic E-state index is 5.80. The van der Waals surface area contributed by atoms with E-state index < -0.39 is 0 Å². The normalized spacial score (nSPS) is 11.3. The van der Waals surface area contributed by atoms with Gasteiger partial charge in [-0.25, -0.2) is 0 Å². The summed E-state index contributed by atoms with van der Waals surface area (Å²) in [5.41, 5.74) is 9.02. The third-order valence-electron chi connectivity index (χ3n) is 2.64. The second-order valence-electron chi connectivity index (χ2n) is 3.57. The highest BCUT2D eigenvalue weighted by molar-refractivity contribution is 14.1. The molecule has 3 rings (SSSR count). The van der Waals surface area contributed by atoms with Crippen molar-refractivity contribution in [3.63, 3.8) is 0 Å². The molecule has 0 bridgehead atoms. The lowest BCUT2D eigenvalue weighted by atomic mass is 10.1. The van der Waals surface area contributed by atoms with Crippen LogP contribution in [0.25, 0.3) is 21.8 Å². The first-order chi connectivity index (χ1) is 7.27. The molecule has 2 nitrogen and oxygen atoms in total. The predicted molar refractivity (Wildman–Crippen MR) is 73.3 cm³/mol. The standard InChI is InChI=1S/C12H9IN2/c13-15-11-4-2-1-3-9(11)10-6-5-8(14)7-12(10)15/h1-7H,14H2. The van der Waals surface area contributed by atoms with Crippen LogP contribution in [0.5, 0.6) is 0 Å². The monoisotopic (exact) mass is 308 g/mol. The van der Waals surface area contributed by atoms with Crippen molar-refractivity contribution in [3.05, 3.63) is 42.5 Å². The molecule has 0 radical (unpaired) electrons. The Labute approximate surface area is 101 Å². The van der Waals surface area contributed by atoms with Gasteiger partial charge in [-0.15, -0.1) is 0 Å². The second-order valence-corrected chi connectivity index (χ2v) is 4.54. The molecule has 1 aromatic heterocycles. The number of aromatic nitrogens is 1. The SMILES string of the molecule is Nc1ccc2c3ccccc3n(I)c2c1. The zero-order valence-corrected chi connectivity index (χ0v) is 10.1. The number of nitrogens with zero attached hydrogens (tertiary/aromatic N) is 1. The number of rotatable bonds is 0. The fourth-order valence-corrected chi connectivity index (χ4v) is 2.76. The first-order valence-corrected chi connectivity index (χ1v) is 5.69.